The van der Waals surface area contributed by atoms with E-state index in [0.29, 0.717) is 0 Å². The lowest BCUT2D eigenvalue weighted by Crippen LogP contribution is -2.26. The molecule has 0 radical (unpaired) electrons. The molecule has 0 bridgehead atoms. The van der Waals surface area contributed by atoms with Crippen LogP contribution in [0.3, 0.4) is 0 Å². The fraction of sp³-hybridized carbons (Fsp3) is 0.163. The zero-order valence-electron chi connectivity index (χ0n) is 57.8. The Kier molecular flexibility index (Phi) is 16.9. The predicted molar refractivity (Wildman–Crippen MR) is 429 cm³/mol. The van der Waals surface area contributed by atoms with Crippen LogP contribution in [0.2, 0.25) is 0 Å². The summed E-state index contributed by atoms with van der Waals surface area (Å²) in [4.78, 5) is 4.93. The van der Waals surface area contributed by atoms with E-state index in [4.69, 9.17) is 0 Å². The van der Waals surface area contributed by atoms with E-state index in [1.807, 2.05) is 0 Å². The molecule has 17 rings (SSSR count). The summed E-state index contributed by atoms with van der Waals surface area (Å²) in [6.07, 6.45) is 14.6. The Morgan fingerprint density at radius 3 is 1.06 bits per heavy atom. The molecule has 486 valence electrons. The van der Waals surface area contributed by atoms with Gasteiger partial charge in [0.2, 0.25) is 0 Å². The molecule has 0 aromatic heterocycles. The van der Waals surface area contributed by atoms with Crippen LogP contribution in [0, 0.1) is 6.92 Å². The van der Waals surface area contributed by atoms with Crippen molar-refractivity contribution in [3.05, 3.63) is 337 Å². The number of para-hydroxylation sites is 1. The second-order valence-corrected chi connectivity index (χ2v) is 28.2. The lowest BCUT2D eigenvalue weighted by molar-refractivity contribution is 0.401. The minimum absolute atomic E-state index is 0.0653. The van der Waals surface area contributed by atoms with E-state index in [-0.39, 0.29) is 5.41 Å². The molecule has 0 aliphatic heterocycles. The van der Waals surface area contributed by atoms with E-state index in [1.54, 1.807) is 0 Å². The predicted octanol–water partition coefficient (Wildman–Crippen LogP) is 28.2. The highest BCUT2D eigenvalue weighted by Crippen LogP contribution is 2.57. The molecule has 0 atom stereocenters. The molecule has 2 heteroatoms. The number of fused-ring (bicyclic) bond motifs is 8. The average molecular weight is 1290 g/mol. The van der Waals surface area contributed by atoms with Gasteiger partial charge in [0.15, 0.2) is 0 Å². The summed E-state index contributed by atoms with van der Waals surface area (Å²) in [6, 6.07) is 117. The van der Waals surface area contributed by atoms with Gasteiger partial charge >= 0.3 is 0 Å². The fourth-order valence-electron chi connectivity index (χ4n) is 17.2. The van der Waals surface area contributed by atoms with Gasteiger partial charge in [0.25, 0.3) is 0 Å². The third-order valence-corrected chi connectivity index (χ3v) is 22.2. The number of hydrogen-bond donors (Lipinski definition) is 0. The van der Waals surface area contributed by atoms with Gasteiger partial charge in [-0.2, -0.15) is 0 Å². The van der Waals surface area contributed by atoms with Crippen LogP contribution in [-0.4, -0.2) is 0 Å². The second-order valence-electron chi connectivity index (χ2n) is 28.2. The number of hydrogen-bond acceptors (Lipinski definition) is 2. The van der Waals surface area contributed by atoms with Crippen LogP contribution in [0.15, 0.2) is 309 Å². The number of benzene rings is 15. The molecule has 0 fully saturated rings. The zero-order chi connectivity index (χ0) is 67.1. The highest BCUT2D eigenvalue weighted by molar-refractivity contribution is 6.23. The SMILES string of the molecule is CCCCCCC1(CCCCCC)c2ccccc2-c2ccc(N(c3ccc(-c4c5ccccc5c(-c5ccc(C)cc5)c5ccccc45)cc3)c3ccc(-c4c5ccccc5c(-c5ccc(N(c6ccccc6)c6cccc(-c7ccc8c(c7)CC8)c6)cc5)c5ccccc45)cc3)cc21. The van der Waals surface area contributed by atoms with Crippen molar-refractivity contribution >= 4 is 77.2 Å². The van der Waals surface area contributed by atoms with Gasteiger partial charge in [-0.05, 0) is 238 Å². The Morgan fingerprint density at radius 2 is 0.620 bits per heavy atom. The van der Waals surface area contributed by atoms with Crippen molar-refractivity contribution in [2.75, 3.05) is 9.80 Å². The van der Waals surface area contributed by atoms with Crippen molar-refractivity contribution in [2.24, 2.45) is 0 Å². The Bertz CT molecular complexity index is 5380. The molecule has 2 aliphatic rings. The minimum Gasteiger partial charge on any atom is -0.310 e. The van der Waals surface area contributed by atoms with Crippen molar-refractivity contribution in [2.45, 2.75) is 103 Å². The van der Waals surface area contributed by atoms with Crippen LogP contribution < -0.4 is 9.80 Å². The number of aryl methyl sites for hydroxylation is 3. The van der Waals surface area contributed by atoms with Crippen molar-refractivity contribution in [3.8, 4) is 66.8 Å². The molecule has 15 aromatic carbocycles. The topological polar surface area (TPSA) is 6.48 Å². The highest BCUT2D eigenvalue weighted by Gasteiger charge is 2.42. The monoisotopic (exact) mass is 1290 g/mol. The summed E-state index contributed by atoms with van der Waals surface area (Å²) in [7, 11) is 0. The van der Waals surface area contributed by atoms with Crippen LogP contribution >= 0.6 is 0 Å². The van der Waals surface area contributed by atoms with Crippen molar-refractivity contribution < 1.29 is 0 Å². The first-order valence-electron chi connectivity index (χ1n) is 36.8. The van der Waals surface area contributed by atoms with Gasteiger partial charge in [-0.1, -0.05) is 307 Å². The van der Waals surface area contributed by atoms with Crippen LogP contribution in [0.1, 0.15) is 106 Å². The number of anilines is 6. The molecule has 2 nitrogen and oxygen atoms in total. The molecule has 15 aromatic rings. The van der Waals surface area contributed by atoms with E-state index < -0.39 is 0 Å². The molecule has 0 heterocycles. The normalized spacial score (nSPS) is 12.8. The van der Waals surface area contributed by atoms with E-state index in [2.05, 4.69) is 340 Å². The van der Waals surface area contributed by atoms with E-state index in [0.717, 1.165) is 47.7 Å². The first-order valence-corrected chi connectivity index (χ1v) is 36.8. The molecule has 0 N–H and O–H groups in total. The van der Waals surface area contributed by atoms with Crippen LogP contribution in [0.4, 0.5) is 34.1 Å². The molecule has 0 saturated heterocycles. The summed E-state index contributed by atoms with van der Waals surface area (Å²) in [6.45, 7) is 6.84. The van der Waals surface area contributed by atoms with E-state index in [1.165, 1.54) is 201 Å². The van der Waals surface area contributed by atoms with Gasteiger partial charge < -0.3 is 9.80 Å². The van der Waals surface area contributed by atoms with Crippen molar-refractivity contribution in [1.82, 2.24) is 0 Å². The Balaban J connectivity index is 0.782. The van der Waals surface area contributed by atoms with Crippen LogP contribution in [0.5, 0.6) is 0 Å². The summed E-state index contributed by atoms with van der Waals surface area (Å²) in [5.74, 6) is 0. The Hall–Kier alpha value is -11.1. The van der Waals surface area contributed by atoms with Crippen LogP contribution in [0.25, 0.3) is 110 Å². The van der Waals surface area contributed by atoms with E-state index >= 15 is 0 Å². The number of rotatable bonds is 21. The summed E-state index contributed by atoms with van der Waals surface area (Å²) in [5, 5.41) is 9.98. The van der Waals surface area contributed by atoms with Gasteiger partial charge in [-0.3, -0.25) is 0 Å². The molecular weight excluding hydrogens is 1210 g/mol. The summed E-state index contributed by atoms with van der Waals surface area (Å²) >= 11 is 0. The zero-order valence-corrected chi connectivity index (χ0v) is 57.8. The van der Waals surface area contributed by atoms with Crippen LogP contribution in [-0.2, 0) is 18.3 Å². The molecule has 0 unspecified atom stereocenters. The largest absolute Gasteiger partial charge is 0.310 e. The molecule has 0 amide bonds. The lowest BCUT2D eigenvalue weighted by Gasteiger charge is -2.34. The third kappa shape index (κ3) is 11.2. The number of unbranched alkanes of at least 4 members (excludes halogenated alkanes) is 6. The lowest BCUT2D eigenvalue weighted by atomic mass is 9.70. The Morgan fingerprint density at radius 1 is 0.260 bits per heavy atom. The molecular formula is C98H84N2. The third-order valence-electron chi connectivity index (χ3n) is 22.2. The first-order chi connectivity index (χ1) is 49.4. The van der Waals surface area contributed by atoms with Gasteiger partial charge in [0.05, 0.1) is 0 Å². The maximum absolute atomic E-state index is 2.61. The Labute approximate surface area is 590 Å². The molecule has 100 heavy (non-hydrogen) atoms. The van der Waals surface area contributed by atoms with Crippen molar-refractivity contribution in [3.63, 3.8) is 0 Å². The van der Waals surface area contributed by atoms with Gasteiger partial charge in [-0.15, -0.1) is 0 Å². The van der Waals surface area contributed by atoms with Gasteiger partial charge in [0.1, 0.15) is 0 Å². The summed E-state index contributed by atoms with van der Waals surface area (Å²) in [5.41, 5.74) is 29.1. The van der Waals surface area contributed by atoms with Gasteiger partial charge in [0, 0.05) is 39.5 Å². The fourth-order valence-corrected chi connectivity index (χ4v) is 17.2. The maximum atomic E-state index is 2.61. The molecule has 0 saturated carbocycles. The maximum Gasteiger partial charge on any atom is 0.0467 e. The molecule has 2 aliphatic carbocycles. The first kappa shape index (κ1) is 62.5. The second kappa shape index (κ2) is 27.0. The van der Waals surface area contributed by atoms with E-state index in [9.17, 15) is 0 Å². The minimum atomic E-state index is -0.0653. The quantitative estimate of drug-likeness (QED) is 0.0523. The molecule has 0 spiro atoms. The van der Waals surface area contributed by atoms with Gasteiger partial charge in [-0.25, -0.2) is 0 Å². The highest BCUT2D eigenvalue weighted by atomic mass is 15.1. The standard InChI is InChI=1S/C98H84N2/c1-4-6-8-23-62-98(63-24-9-7-5-2)92-39-22-21-30-82(92)83-61-60-81(66-93(83)98)100(78-56-50-71(51-57-78)95-86-33-15-13-31-84(86)94(69-42-40-67(3)41-43-69)85-32-14-16-34-87(85)95)79-58-52-72(53-59-79)97-90-37-19-17-35-88(90)96(89-36-18-20-38-91(89)97)70-48-54-77(55-49-70)99(76-27-11-10-12-28-76)80-29-25-26-73(65-80)75-47-45-68-44-46-74(68)64-75/h10-22,25-43,45,47-61,64-66H,4-9,23-24,44,46,62-63H2,1-3H3. The average Bonchev–Trinajstić information content (AvgIpc) is 1.15. The van der Waals surface area contributed by atoms with Crippen molar-refractivity contribution in [1.29, 1.82) is 0 Å². The summed E-state index contributed by atoms with van der Waals surface area (Å²) < 4.78 is 0. The smallest absolute Gasteiger partial charge is 0.0467 e. The number of nitrogens with zero attached hydrogens (tertiary/aromatic N) is 2.